The highest BCUT2D eigenvalue weighted by atomic mass is 16.6. The maximum absolute atomic E-state index is 12.4. The number of amides is 1. The number of benzene rings is 1. The Kier molecular flexibility index (Phi) is 5.20. The van der Waals surface area contributed by atoms with E-state index in [4.69, 9.17) is 9.47 Å². The Morgan fingerprint density at radius 1 is 1.38 bits per heavy atom. The lowest BCUT2D eigenvalue weighted by Gasteiger charge is -2.43. The molecule has 26 heavy (non-hydrogen) atoms. The van der Waals surface area contributed by atoms with E-state index in [1.807, 2.05) is 45.0 Å². The first-order valence-electron chi connectivity index (χ1n) is 8.94. The molecule has 142 valence electrons. The molecule has 2 unspecified atom stereocenters. The number of aliphatic hydroxyl groups is 1. The van der Waals surface area contributed by atoms with Crippen LogP contribution in [0.2, 0.25) is 0 Å². The smallest absolute Gasteiger partial charge is 0.410 e. The van der Waals surface area contributed by atoms with Crippen molar-refractivity contribution in [3.8, 4) is 0 Å². The zero-order valence-corrected chi connectivity index (χ0v) is 15.8. The Hall–Kier alpha value is -2.12. The van der Waals surface area contributed by atoms with E-state index in [1.165, 1.54) is 0 Å². The molecule has 2 heterocycles. The van der Waals surface area contributed by atoms with Crippen molar-refractivity contribution in [3.05, 3.63) is 30.0 Å². The van der Waals surface area contributed by atoms with Crippen LogP contribution in [0.1, 0.15) is 39.0 Å². The number of fused-ring (bicyclic) bond motifs is 1. The molecule has 1 amide bonds. The molecule has 0 radical (unpaired) electrons. The third-order valence-electron chi connectivity index (χ3n) is 4.53. The largest absolute Gasteiger partial charge is 0.444 e. The summed E-state index contributed by atoms with van der Waals surface area (Å²) in [7, 11) is 1.63. The summed E-state index contributed by atoms with van der Waals surface area (Å²) in [6.07, 6.45) is -0.495. The van der Waals surface area contributed by atoms with Crippen LogP contribution in [0, 0.1) is 0 Å². The number of carbonyl (C=O) groups is 1. The van der Waals surface area contributed by atoms with E-state index in [2.05, 4.69) is 5.10 Å². The number of aromatic nitrogens is 2. The highest BCUT2D eigenvalue weighted by molar-refractivity contribution is 5.82. The fourth-order valence-corrected chi connectivity index (χ4v) is 3.23. The van der Waals surface area contributed by atoms with Crippen molar-refractivity contribution >= 4 is 17.0 Å². The normalized spacial score (nSPS) is 18.7. The minimum Gasteiger partial charge on any atom is -0.444 e. The average Bonchev–Trinajstić information content (AvgIpc) is 2.88. The van der Waals surface area contributed by atoms with Crippen molar-refractivity contribution in [2.45, 2.75) is 51.5 Å². The number of ether oxygens (including phenoxy) is 2. The molecule has 1 aliphatic heterocycles. The minimum atomic E-state index is -0.833. The molecule has 1 aromatic carbocycles. The van der Waals surface area contributed by atoms with Crippen LogP contribution in [-0.4, -0.2) is 57.8 Å². The molecular weight excluding hydrogens is 334 g/mol. The van der Waals surface area contributed by atoms with Crippen LogP contribution in [0.25, 0.3) is 10.9 Å². The average molecular weight is 361 g/mol. The highest BCUT2D eigenvalue weighted by Gasteiger charge is 2.41. The quantitative estimate of drug-likeness (QED) is 0.886. The molecule has 7 heteroatoms. The summed E-state index contributed by atoms with van der Waals surface area (Å²) in [5.74, 6) is 0. The lowest BCUT2D eigenvalue weighted by atomic mass is 9.94. The molecule has 7 nitrogen and oxygen atoms in total. The van der Waals surface area contributed by atoms with Crippen LogP contribution < -0.4 is 0 Å². The SMILES string of the molecule is COCCn1nc2ccccc2c1C(O)C1CCN1C(=O)OC(C)(C)C. The van der Waals surface area contributed by atoms with E-state index < -0.39 is 11.7 Å². The Bertz CT molecular complexity index is 781. The van der Waals surface area contributed by atoms with Gasteiger partial charge < -0.3 is 19.5 Å². The second kappa shape index (κ2) is 7.25. The fourth-order valence-electron chi connectivity index (χ4n) is 3.23. The van der Waals surface area contributed by atoms with Gasteiger partial charge in [0.2, 0.25) is 0 Å². The summed E-state index contributed by atoms with van der Waals surface area (Å²) in [5.41, 5.74) is 0.978. The molecule has 1 aromatic heterocycles. The Labute approximate surface area is 153 Å². The van der Waals surface area contributed by atoms with Gasteiger partial charge in [-0.1, -0.05) is 18.2 Å². The number of aliphatic hydroxyl groups excluding tert-OH is 1. The molecule has 0 aliphatic carbocycles. The standard InChI is InChI=1S/C19H27N3O4/c1-19(2,3)26-18(24)21-10-9-15(21)17(23)16-13-7-5-6-8-14(13)20-22(16)11-12-25-4/h5-8,15,17,23H,9-12H2,1-4H3. The van der Waals surface area contributed by atoms with Gasteiger partial charge in [-0.3, -0.25) is 4.68 Å². The minimum absolute atomic E-state index is 0.314. The van der Waals surface area contributed by atoms with Crippen LogP contribution in [0.3, 0.4) is 0 Å². The van der Waals surface area contributed by atoms with Crippen molar-refractivity contribution in [2.75, 3.05) is 20.3 Å². The second-order valence-corrected chi connectivity index (χ2v) is 7.59. The van der Waals surface area contributed by atoms with Gasteiger partial charge in [-0.05, 0) is 33.3 Å². The molecule has 3 rings (SSSR count). The van der Waals surface area contributed by atoms with E-state index in [1.54, 1.807) is 16.7 Å². The van der Waals surface area contributed by atoms with Crippen LogP contribution in [-0.2, 0) is 16.0 Å². The monoisotopic (exact) mass is 361 g/mol. The van der Waals surface area contributed by atoms with E-state index >= 15 is 0 Å². The van der Waals surface area contributed by atoms with E-state index in [0.29, 0.717) is 19.7 Å². The maximum atomic E-state index is 12.4. The van der Waals surface area contributed by atoms with Crippen molar-refractivity contribution in [3.63, 3.8) is 0 Å². The van der Waals surface area contributed by atoms with Crippen LogP contribution in [0.4, 0.5) is 4.79 Å². The third-order valence-corrected chi connectivity index (χ3v) is 4.53. The van der Waals surface area contributed by atoms with Crippen LogP contribution in [0.15, 0.2) is 24.3 Å². The number of likely N-dealkylation sites (tertiary alicyclic amines) is 1. The van der Waals surface area contributed by atoms with Crippen molar-refractivity contribution in [2.24, 2.45) is 0 Å². The molecular formula is C19H27N3O4. The summed E-state index contributed by atoms with van der Waals surface area (Å²) in [5, 5.41) is 16.6. The van der Waals surface area contributed by atoms with Gasteiger partial charge in [0.25, 0.3) is 0 Å². The Morgan fingerprint density at radius 3 is 2.73 bits per heavy atom. The zero-order chi connectivity index (χ0) is 18.9. The Balaban J connectivity index is 1.87. The molecule has 0 spiro atoms. The predicted molar refractivity (Wildman–Crippen MR) is 97.9 cm³/mol. The van der Waals surface area contributed by atoms with Gasteiger partial charge in [-0.15, -0.1) is 0 Å². The Morgan fingerprint density at radius 2 is 2.12 bits per heavy atom. The fraction of sp³-hybridized carbons (Fsp3) is 0.579. The molecule has 1 saturated heterocycles. The predicted octanol–water partition coefficient (Wildman–Crippen LogP) is 2.73. The van der Waals surface area contributed by atoms with Crippen LogP contribution in [0.5, 0.6) is 0 Å². The van der Waals surface area contributed by atoms with Crippen LogP contribution >= 0.6 is 0 Å². The maximum Gasteiger partial charge on any atom is 0.410 e. The zero-order valence-electron chi connectivity index (χ0n) is 15.8. The summed E-state index contributed by atoms with van der Waals surface area (Å²) < 4.78 is 12.4. The molecule has 2 atom stereocenters. The lowest BCUT2D eigenvalue weighted by molar-refractivity contribution is -0.0428. The van der Waals surface area contributed by atoms with Gasteiger partial charge in [0.05, 0.1) is 30.4 Å². The summed E-state index contributed by atoms with van der Waals surface area (Å²) in [6, 6.07) is 7.39. The molecule has 1 aliphatic rings. The summed E-state index contributed by atoms with van der Waals surface area (Å²) >= 11 is 0. The first-order chi connectivity index (χ1) is 12.3. The highest BCUT2D eigenvalue weighted by Crippen LogP contribution is 2.35. The number of hydrogen-bond acceptors (Lipinski definition) is 5. The van der Waals surface area contributed by atoms with Gasteiger partial charge in [-0.25, -0.2) is 4.79 Å². The van der Waals surface area contributed by atoms with Gasteiger partial charge in [-0.2, -0.15) is 5.10 Å². The van der Waals surface area contributed by atoms with Gasteiger partial charge in [0.15, 0.2) is 0 Å². The molecule has 0 saturated carbocycles. The summed E-state index contributed by atoms with van der Waals surface area (Å²) in [4.78, 5) is 14.0. The molecule has 1 N–H and O–H groups in total. The second-order valence-electron chi connectivity index (χ2n) is 7.59. The molecule has 2 aromatic rings. The van der Waals surface area contributed by atoms with Crippen molar-refractivity contribution in [1.29, 1.82) is 0 Å². The molecule has 0 bridgehead atoms. The third kappa shape index (κ3) is 3.68. The number of nitrogens with zero attached hydrogens (tertiary/aromatic N) is 3. The number of hydrogen-bond donors (Lipinski definition) is 1. The van der Waals surface area contributed by atoms with E-state index in [9.17, 15) is 9.90 Å². The summed E-state index contributed by atoms with van der Waals surface area (Å²) in [6.45, 7) is 7.13. The molecule has 1 fully saturated rings. The topological polar surface area (TPSA) is 76.8 Å². The van der Waals surface area contributed by atoms with Gasteiger partial charge in [0.1, 0.15) is 11.7 Å². The lowest BCUT2D eigenvalue weighted by Crippen LogP contribution is -2.55. The number of carbonyl (C=O) groups excluding carboxylic acids is 1. The van der Waals surface area contributed by atoms with Crippen molar-refractivity contribution in [1.82, 2.24) is 14.7 Å². The van der Waals surface area contributed by atoms with Crippen molar-refractivity contribution < 1.29 is 19.4 Å². The number of rotatable bonds is 5. The first-order valence-corrected chi connectivity index (χ1v) is 8.94. The van der Waals surface area contributed by atoms with Gasteiger partial charge >= 0.3 is 6.09 Å². The van der Waals surface area contributed by atoms with E-state index in [0.717, 1.165) is 23.0 Å². The number of methoxy groups -OCH3 is 1. The first kappa shape index (κ1) is 18.7. The van der Waals surface area contributed by atoms with E-state index in [-0.39, 0.29) is 12.1 Å². The van der Waals surface area contributed by atoms with Gasteiger partial charge in [0, 0.05) is 19.0 Å².